The van der Waals surface area contributed by atoms with Crippen molar-refractivity contribution in [2.75, 3.05) is 12.3 Å². The van der Waals surface area contributed by atoms with Gasteiger partial charge in [-0.2, -0.15) is 5.10 Å². The summed E-state index contributed by atoms with van der Waals surface area (Å²) in [7, 11) is 1.93. The van der Waals surface area contributed by atoms with Crippen molar-refractivity contribution in [1.82, 2.24) is 15.1 Å². The number of thioether (sulfide) groups is 1. The first-order valence-electron chi connectivity index (χ1n) is 7.27. The molecule has 1 atom stereocenters. The molecule has 3 nitrogen and oxygen atoms in total. The Morgan fingerprint density at radius 1 is 1.38 bits per heavy atom. The van der Waals surface area contributed by atoms with Crippen molar-refractivity contribution >= 4 is 11.8 Å². The number of nitrogens with zero attached hydrogens (tertiary/aromatic N) is 2. The molecule has 0 amide bonds. The predicted octanol–water partition coefficient (Wildman–Crippen LogP) is 3.26. The molecule has 2 rings (SSSR count). The van der Waals surface area contributed by atoms with E-state index in [9.17, 15) is 4.39 Å². The van der Waals surface area contributed by atoms with Crippen LogP contribution in [0.2, 0.25) is 0 Å². The molecule has 0 fully saturated rings. The third-order valence-electron chi connectivity index (χ3n) is 3.31. The minimum absolute atomic E-state index is 0.134. The molecule has 5 heteroatoms. The third-order valence-corrected chi connectivity index (χ3v) is 4.52. The Balaban J connectivity index is 1.85. The topological polar surface area (TPSA) is 29.9 Å². The number of halogens is 1. The van der Waals surface area contributed by atoms with E-state index in [1.54, 1.807) is 17.8 Å². The summed E-state index contributed by atoms with van der Waals surface area (Å²) in [6.45, 7) is 3.03. The Morgan fingerprint density at radius 2 is 2.19 bits per heavy atom. The molecule has 0 bridgehead atoms. The quantitative estimate of drug-likeness (QED) is 0.759. The smallest absolute Gasteiger partial charge is 0.136 e. The van der Waals surface area contributed by atoms with Gasteiger partial charge in [0.05, 0.1) is 6.20 Å². The molecule has 0 aliphatic heterocycles. The summed E-state index contributed by atoms with van der Waals surface area (Å²) in [5.41, 5.74) is 1.25. The number of nitrogens with one attached hydrogen (secondary N) is 1. The van der Waals surface area contributed by atoms with E-state index in [-0.39, 0.29) is 5.82 Å². The number of hydrogen-bond donors (Lipinski definition) is 1. The molecule has 0 aliphatic carbocycles. The Morgan fingerprint density at radius 3 is 2.86 bits per heavy atom. The van der Waals surface area contributed by atoms with Crippen molar-refractivity contribution in [3.05, 3.63) is 48.0 Å². The summed E-state index contributed by atoms with van der Waals surface area (Å²) >= 11 is 1.58. The maximum atomic E-state index is 13.6. The van der Waals surface area contributed by atoms with Crippen LogP contribution < -0.4 is 5.32 Å². The molecule has 1 N–H and O–H groups in total. The SMILES string of the molecule is CCNC(CCc1cnn(C)c1)CSc1ccccc1F. The fourth-order valence-electron chi connectivity index (χ4n) is 2.23. The van der Waals surface area contributed by atoms with E-state index in [1.807, 2.05) is 36.3 Å². The summed E-state index contributed by atoms with van der Waals surface area (Å²) < 4.78 is 15.5. The summed E-state index contributed by atoms with van der Waals surface area (Å²) in [6, 6.07) is 7.33. The molecule has 1 aromatic carbocycles. The number of aromatic nitrogens is 2. The fraction of sp³-hybridized carbons (Fsp3) is 0.438. The second kappa shape index (κ2) is 8.20. The largest absolute Gasteiger partial charge is 0.313 e. The van der Waals surface area contributed by atoms with E-state index in [0.717, 1.165) is 30.0 Å². The summed E-state index contributed by atoms with van der Waals surface area (Å²) in [4.78, 5) is 0.724. The standard InChI is InChI=1S/C16H22FN3S/c1-3-18-14(9-8-13-10-19-20(2)11-13)12-21-16-7-5-4-6-15(16)17/h4-7,10-11,14,18H,3,8-9,12H2,1-2H3. The highest BCUT2D eigenvalue weighted by Crippen LogP contribution is 2.22. The van der Waals surface area contributed by atoms with E-state index < -0.39 is 0 Å². The van der Waals surface area contributed by atoms with Gasteiger partial charge in [-0.15, -0.1) is 11.8 Å². The van der Waals surface area contributed by atoms with Gasteiger partial charge in [0.1, 0.15) is 5.82 Å². The monoisotopic (exact) mass is 307 g/mol. The van der Waals surface area contributed by atoms with E-state index >= 15 is 0 Å². The van der Waals surface area contributed by atoms with Crippen LogP contribution in [0.15, 0.2) is 41.6 Å². The van der Waals surface area contributed by atoms with Gasteiger partial charge in [-0.25, -0.2) is 4.39 Å². The van der Waals surface area contributed by atoms with Crippen molar-refractivity contribution in [3.63, 3.8) is 0 Å². The zero-order valence-corrected chi connectivity index (χ0v) is 13.4. The van der Waals surface area contributed by atoms with Crippen LogP contribution in [0, 0.1) is 5.82 Å². The van der Waals surface area contributed by atoms with Gasteiger partial charge in [-0.3, -0.25) is 4.68 Å². The van der Waals surface area contributed by atoms with E-state index in [0.29, 0.717) is 6.04 Å². The lowest BCUT2D eigenvalue weighted by Crippen LogP contribution is -2.31. The van der Waals surface area contributed by atoms with Gasteiger partial charge in [0.25, 0.3) is 0 Å². The Labute approximate surface area is 129 Å². The minimum Gasteiger partial charge on any atom is -0.313 e. The average molecular weight is 307 g/mol. The van der Waals surface area contributed by atoms with Gasteiger partial charge in [0.2, 0.25) is 0 Å². The summed E-state index contributed by atoms with van der Waals surface area (Å²) in [5, 5.41) is 7.67. The molecule has 0 saturated carbocycles. The maximum Gasteiger partial charge on any atom is 0.136 e. The molecule has 1 heterocycles. The van der Waals surface area contributed by atoms with Gasteiger partial charge in [0, 0.05) is 29.9 Å². The molecule has 1 aromatic heterocycles. The minimum atomic E-state index is -0.134. The zero-order chi connectivity index (χ0) is 15.1. The number of rotatable bonds is 8. The van der Waals surface area contributed by atoms with Gasteiger partial charge < -0.3 is 5.32 Å². The molecule has 21 heavy (non-hydrogen) atoms. The Kier molecular flexibility index (Phi) is 6.26. The van der Waals surface area contributed by atoms with Gasteiger partial charge in [-0.05, 0) is 37.1 Å². The van der Waals surface area contributed by atoms with Crippen LogP contribution in [0.5, 0.6) is 0 Å². The first-order chi connectivity index (χ1) is 10.2. The molecular weight excluding hydrogens is 285 g/mol. The molecular formula is C16H22FN3S. The molecule has 114 valence electrons. The molecule has 2 aromatic rings. The fourth-order valence-corrected chi connectivity index (χ4v) is 3.27. The van der Waals surface area contributed by atoms with E-state index in [4.69, 9.17) is 0 Å². The lowest BCUT2D eigenvalue weighted by atomic mass is 10.1. The number of benzene rings is 1. The first kappa shape index (κ1) is 16.0. The highest BCUT2D eigenvalue weighted by molar-refractivity contribution is 7.99. The van der Waals surface area contributed by atoms with Crippen LogP contribution in [0.25, 0.3) is 0 Å². The second-order valence-electron chi connectivity index (χ2n) is 5.06. The average Bonchev–Trinajstić information content (AvgIpc) is 2.89. The van der Waals surface area contributed by atoms with Crippen LogP contribution in [-0.2, 0) is 13.5 Å². The lowest BCUT2D eigenvalue weighted by molar-refractivity contribution is 0.536. The Hall–Kier alpha value is -1.33. The predicted molar refractivity (Wildman–Crippen MR) is 86.1 cm³/mol. The third kappa shape index (κ3) is 5.17. The van der Waals surface area contributed by atoms with Crippen molar-refractivity contribution in [2.24, 2.45) is 7.05 Å². The van der Waals surface area contributed by atoms with E-state index in [2.05, 4.69) is 17.3 Å². The molecule has 0 saturated heterocycles. The van der Waals surface area contributed by atoms with Crippen molar-refractivity contribution in [1.29, 1.82) is 0 Å². The lowest BCUT2D eigenvalue weighted by Gasteiger charge is -2.17. The zero-order valence-electron chi connectivity index (χ0n) is 12.6. The van der Waals surface area contributed by atoms with Gasteiger partial charge in [0.15, 0.2) is 0 Å². The number of hydrogen-bond acceptors (Lipinski definition) is 3. The molecule has 0 radical (unpaired) electrons. The second-order valence-corrected chi connectivity index (χ2v) is 6.12. The summed E-state index contributed by atoms with van der Waals surface area (Å²) in [6.07, 6.45) is 5.98. The normalized spacial score (nSPS) is 12.5. The van der Waals surface area contributed by atoms with Crippen molar-refractivity contribution in [2.45, 2.75) is 30.7 Å². The van der Waals surface area contributed by atoms with Crippen LogP contribution >= 0.6 is 11.8 Å². The molecule has 0 aliphatic rings. The maximum absolute atomic E-state index is 13.6. The molecule has 0 spiro atoms. The van der Waals surface area contributed by atoms with Crippen LogP contribution in [0.4, 0.5) is 4.39 Å². The highest BCUT2D eigenvalue weighted by Gasteiger charge is 2.10. The number of aryl methyl sites for hydroxylation is 2. The van der Waals surface area contributed by atoms with Crippen LogP contribution in [-0.4, -0.2) is 28.1 Å². The highest BCUT2D eigenvalue weighted by atomic mass is 32.2. The van der Waals surface area contributed by atoms with Gasteiger partial charge >= 0.3 is 0 Å². The van der Waals surface area contributed by atoms with Crippen molar-refractivity contribution in [3.8, 4) is 0 Å². The van der Waals surface area contributed by atoms with Gasteiger partial charge in [-0.1, -0.05) is 19.1 Å². The van der Waals surface area contributed by atoms with E-state index in [1.165, 1.54) is 11.6 Å². The first-order valence-corrected chi connectivity index (χ1v) is 8.26. The van der Waals surface area contributed by atoms with Crippen molar-refractivity contribution < 1.29 is 4.39 Å². The van der Waals surface area contributed by atoms with Crippen LogP contribution in [0.3, 0.4) is 0 Å². The summed E-state index contributed by atoms with van der Waals surface area (Å²) in [5.74, 6) is 0.736. The van der Waals surface area contributed by atoms with Crippen LogP contribution in [0.1, 0.15) is 18.9 Å². The molecule has 1 unspecified atom stereocenters. The Bertz CT molecular complexity index is 556.